The van der Waals surface area contributed by atoms with Crippen LogP contribution in [0.2, 0.25) is 5.02 Å². The number of hydrogen-bond donors (Lipinski definition) is 0. The first kappa shape index (κ1) is 30.4. The van der Waals surface area contributed by atoms with Crippen molar-refractivity contribution in [1.82, 2.24) is 14.7 Å². The summed E-state index contributed by atoms with van der Waals surface area (Å²) in [7, 11) is 1.62. The van der Waals surface area contributed by atoms with E-state index in [9.17, 15) is 14.4 Å². The molecule has 3 heterocycles. The molecule has 2 aromatic carbocycles. The first-order chi connectivity index (χ1) is 20.2. The summed E-state index contributed by atoms with van der Waals surface area (Å²) in [6.45, 7) is 11.8. The van der Waals surface area contributed by atoms with Gasteiger partial charge in [-0.2, -0.15) is 0 Å². The highest BCUT2D eigenvalue weighted by atomic mass is 35.5. The molecule has 0 radical (unpaired) electrons. The average molecular weight is 595 g/mol. The third-order valence-corrected chi connectivity index (χ3v) is 9.78. The van der Waals surface area contributed by atoms with Crippen molar-refractivity contribution < 1.29 is 19.1 Å². The van der Waals surface area contributed by atoms with Gasteiger partial charge in [0.05, 0.1) is 12.7 Å². The number of ether oxygens (including phenoxy) is 1. The molecule has 0 bridgehead atoms. The molecule has 0 aliphatic carbocycles. The minimum absolute atomic E-state index is 0.0524. The van der Waals surface area contributed by atoms with Gasteiger partial charge in [0.25, 0.3) is 5.91 Å². The van der Waals surface area contributed by atoms with Crippen LogP contribution in [0.4, 0.5) is 5.69 Å². The molecule has 9 heteroatoms. The third-order valence-electron chi connectivity index (χ3n) is 9.37. The summed E-state index contributed by atoms with van der Waals surface area (Å²) < 4.78 is 5.54. The molecule has 3 aliphatic rings. The molecule has 0 N–H and O–H groups in total. The molecule has 0 spiro atoms. The van der Waals surface area contributed by atoms with Gasteiger partial charge in [-0.25, -0.2) is 0 Å². The Labute approximate surface area is 254 Å². The number of benzene rings is 2. The number of rotatable bonds is 8. The van der Waals surface area contributed by atoms with E-state index in [4.69, 9.17) is 16.3 Å². The molecule has 226 valence electrons. The Morgan fingerprint density at radius 1 is 0.952 bits per heavy atom. The zero-order valence-corrected chi connectivity index (χ0v) is 26.0. The summed E-state index contributed by atoms with van der Waals surface area (Å²) in [5, 5.41) is 0.659. The molecule has 2 atom stereocenters. The van der Waals surface area contributed by atoms with E-state index in [2.05, 4.69) is 4.90 Å². The van der Waals surface area contributed by atoms with Crippen molar-refractivity contribution in [2.24, 2.45) is 17.8 Å². The van der Waals surface area contributed by atoms with E-state index < -0.39 is 0 Å². The summed E-state index contributed by atoms with van der Waals surface area (Å²) in [5.41, 5.74) is 3.43. The fraction of sp³-hybridized carbons (Fsp3) is 0.545. The topological polar surface area (TPSA) is 73.4 Å². The van der Waals surface area contributed by atoms with E-state index in [-0.39, 0.29) is 23.6 Å². The van der Waals surface area contributed by atoms with Crippen molar-refractivity contribution in [3.8, 4) is 5.75 Å². The molecular weight excluding hydrogens is 552 g/mol. The van der Waals surface area contributed by atoms with Gasteiger partial charge in [0.1, 0.15) is 5.75 Å². The van der Waals surface area contributed by atoms with Crippen molar-refractivity contribution in [3.05, 3.63) is 58.1 Å². The van der Waals surface area contributed by atoms with E-state index in [1.54, 1.807) is 14.0 Å². The number of amides is 3. The summed E-state index contributed by atoms with van der Waals surface area (Å²) in [6, 6.07) is 11.6. The molecule has 3 fully saturated rings. The predicted octanol–water partition coefficient (Wildman–Crippen LogP) is 4.65. The van der Waals surface area contributed by atoms with Crippen molar-refractivity contribution in [2.75, 3.05) is 64.4 Å². The minimum Gasteiger partial charge on any atom is -0.496 e. The first-order valence-corrected chi connectivity index (χ1v) is 15.5. The van der Waals surface area contributed by atoms with Crippen molar-refractivity contribution >= 4 is 35.0 Å². The van der Waals surface area contributed by atoms with Crippen molar-refractivity contribution in [3.63, 3.8) is 0 Å². The van der Waals surface area contributed by atoms with Gasteiger partial charge in [-0.15, -0.1) is 0 Å². The lowest BCUT2D eigenvalue weighted by Crippen LogP contribution is -2.44. The van der Waals surface area contributed by atoms with Gasteiger partial charge in [-0.3, -0.25) is 14.4 Å². The highest BCUT2D eigenvalue weighted by Crippen LogP contribution is 2.34. The fourth-order valence-electron chi connectivity index (χ4n) is 6.93. The Morgan fingerprint density at radius 3 is 2.26 bits per heavy atom. The van der Waals surface area contributed by atoms with Crippen LogP contribution in [0.5, 0.6) is 5.75 Å². The Bertz CT molecular complexity index is 1310. The molecule has 5 rings (SSSR count). The number of fused-ring (bicyclic) bond motifs is 1. The van der Waals surface area contributed by atoms with E-state index in [0.717, 1.165) is 56.0 Å². The number of carbonyl (C=O) groups is 3. The van der Waals surface area contributed by atoms with Crippen LogP contribution in [0.15, 0.2) is 36.4 Å². The Balaban J connectivity index is 1.17. The SMILES string of the molecule is COc1c(C)cccc1C(=O)N1CC2CN(CCCN(C(=O)C3CCN(C(C)=O)CC3)c3ccc(C)c(Cl)c3)CC2C1. The van der Waals surface area contributed by atoms with Crippen molar-refractivity contribution in [1.29, 1.82) is 0 Å². The van der Waals surface area contributed by atoms with Crippen LogP contribution in [-0.2, 0) is 9.59 Å². The zero-order chi connectivity index (χ0) is 30.0. The molecule has 3 saturated heterocycles. The second-order valence-electron chi connectivity index (χ2n) is 12.2. The normalized spacial score (nSPS) is 21.0. The smallest absolute Gasteiger partial charge is 0.257 e. The van der Waals surface area contributed by atoms with E-state index in [1.807, 2.05) is 64.9 Å². The van der Waals surface area contributed by atoms with Crippen LogP contribution >= 0.6 is 11.6 Å². The van der Waals surface area contributed by atoms with Gasteiger partial charge in [-0.05, 0) is 80.8 Å². The number of anilines is 1. The number of likely N-dealkylation sites (tertiary alicyclic amines) is 3. The summed E-state index contributed by atoms with van der Waals surface area (Å²) in [5.74, 6) is 1.74. The maximum atomic E-state index is 13.8. The monoisotopic (exact) mass is 594 g/mol. The Kier molecular flexibility index (Phi) is 9.43. The highest BCUT2D eigenvalue weighted by molar-refractivity contribution is 6.31. The number of piperidine rings is 1. The summed E-state index contributed by atoms with van der Waals surface area (Å²) >= 11 is 6.47. The third kappa shape index (κ3) is 6.45. The minimum atomic E-state index is -0.0950. The first-order valence-electron chi connectivity index (χ1n) is 15.1. The van der Waals surface area contributed by atoms with Crippen LogP contribution < -0.4 is 9.64 Å². The number of methoxy groups -OCH3 is 1. The quantitative estimate of drug-likeness (QED) is 0.445. The molecule has 0 aromatic heterocycles. The average Bonchev–Trinajstić information content (AvgIpc) is 3.55. The van der Waals surface area contributed by atoms with E-state index >= 15 is 0 Å². The van der Waals surface area contributed by atoms with Crippen LogP contribution in [0, 0.1) is 31.6 Å². The lowest BCUT2D eigenvalue weighted by Gasteiger charge is -2.34. The van der Waals surface area contributed by atoms with Gasteiger partial charge >= 0.3 is 0 Å². The predicted molar refractivity (Wildman–Crippen MR) is 165 cm³/mol. The van der Waals surface area contributed by atoms with E-state index in [1.165, 1.54) is 0 Å². The molecule has 3 amide bonds. The van der Waals surface area contributed by atoms with Crippen LogP contribution in [0.3, 0.4) is 0 Å². The summed E-state index contributed by atoms with van der Waals surface area (Å²) in [6.07, 6.45) is 2.23. The zero-order valence-electron chi connectivity index (χ0n) is 25.3. The molecule has 0 saturated carbocycles. The molecule has 2 aromatic rings. The van der Waals surface area contributed by atoms with Crippen LogP contribution in [-0.4, -0.2) is 91.9 Å². The molecule has 3 aliphatic heterocycles. The Hall–Kier alpha value is -3.10. The number of para-hydroxylation sites is 1. The van der Waals surface area contributed by atoms with E-state index in [0.29, 0.717) is 60.6 Å². The van der Waals surface area contributed by atoms with Crippen molar-refractivity contribution in [2.45, 2.75) is 40.0 Å². The number of halogens is 1. The highest BCUT2D eigenvalue weighted by Gasteiger charge is 2.42. The maximum Gasteiger partial charge on any atom is 0.257 e. The lowest BCUT2D eigenvalue weighted by molar-refractivity contribution is -0.133. The van der Waals surface area contributed by atoms with Crippen LogP contribution in [0.1, 0.15) is 47.7 Å². The maximum absolute atomic E-state index is 13.8. The fourth-order valence-corrected chi connectivity index (χ4v) is 7.11. The number of carbonyl (C=O) groups excluding carboxylic acids is 3. The van der Waals surface area contributed by atoms with Gasteiger partial charge in [0.15, 0.2) is 0 Å². The van der Waals surface area contributed by atoms with Gasteiger partial charge < -0.3 is 24.3 Å². The summed E-state index contributed by atoms with van der Waals surface area (Å²) in [4.78, 5) is 47.1. The molecular formula is C33H43ClN4O4. The Morgan fingerprint density at radius 2 is 1.64 bits per heavy atom. The molecule has 2 unspecified atom stereocenters. The molecule has 42 heavy (non-hydrogen) atoms. The second kappa shape index (κ2) is 13.0. The van der Waals surface area contributed by atoms with Gasteiger partial charge in [0.2, 0.25) is 11.8 Å². The number of aryl methyl sites for hydroxylation is 2. The largest absolute Gasteiger partial charge is 0.496 e. The van der Waals surface area contributed by atoms with Gasteiger partial charge in [0, 0.05) is 69.4 Å². The standard InChI is InChI=1S/C33H43ClN4O4/c1-22-9-10-28(17-30(22)34)38(32(40)25-11-15-36(16-12-25)24(3)39)14-6-13-35-18-26-20-37(21-27(26)19-35)33(41)29-8-5-7-23(2)31(29)42-4/h5,7-10,17,25-27H,6,11-16,18-21H2,1-4H3. The number of nitrogens with zero attached hydrogens (tertiary/aromatic N) is 4. The van der Waals surface area contributed by atoms with Crippen LogP contribution in [0.25, 0.3) is 0 Å². The second-order valence-corrected chi connectivity index (χ2v) is 12.6. The van der Waals surface area contributed by atoms with Gasteiger partial charge in [-0.1, -0.05) is 29.8 Å². The number of hydrogen-bond acceptors (Lipinski definition) is 5. The lowest BCUT2D eigenvalue weighted by atomic mass is 9.94. The molecule has 8 nitrogen and oxygen atoms in total.